The summed E-state index contributed by atoms with van der Waals surface area (Å²) in [7, 11) is 0. The van der Waals surface area contributed by atoms with E-state index in [2.05, 4.69) is 62.2 Å². The number of morpholine rings is 1. The van der Waals surface area contributed by atoms with E-state index in [4.69, 9.17) is 15.2 Å². The number of aromatic amines is 1. The van der Waals surface area contributed by atoms with Crippen LogP contribution in [0.3, 0.4) is 0 Å². The lowest BCUT2D eigenvalue weighted by Crippen LogP contribution is -2.38. The van der Waals surface area contributed by atoms with Gasteiger partial charge in [-0.1, -0.05) is 25.5 Å². The molecule has 1 saturated heterocycles. The molecule has 0 aliphatic carbocycles. The normalized spacial score (nSPS) is 14.5. The predicted octanol–water partition coefficient (Wildman–Crippen LogP) is 3.22. The Kier molecular flexibility index (Phi) is 10.9. The van der Waals surface area contributed by atoms with Gasteiger partial charge in [0.1, 0.15) is 5.52 Å². The maximum Gasteiger partial charge on any atom is 0.327 e. The molecule has 0 spiro atoms. The van der Waals surface area contributed by atoms with Crippen LogP contribution in [0.1, 0.15) is 38.2 Å². The number of H-pyrrole nitrogens is 1. The highest BCUT2D eigenvalue weighted by molar-refractivity contribution is 7.98. The minimum atomic E-state index is -0.224. The molecule has 3 aromatic rings. The van der Waals surface area contributed by atoms with Gasteiger partial charge in [0.25, 0.3) is 0 Å². The molecule has 0 unspecified atom stereocenters. The number of aryl methyl sites for hydroxylation is 1. The average molecular weight is 544 g/mol. The SMILES string of the molecule is CCCCOc1nc(N)c2[nH]c(=O)n(CCCN(CCCN3CCOCC3)Cc3ccc(SC)cc3)c2n1. The molecule has 3 heterocycles. The van der Waals surface area contributed by atoms with Gasteiger partial charge in [-0.3, -0.25) is 14.4 Å². The molecule has 4 rings (SSSR count). The van der Waals surface area contributed by atoms with E-state index in [0.717, 1.165) is 78.2 Å². The highest BCUT2D eigenvalue weighted by Crippen LogP contribution is 2.19. The molecule has 0 bridgehead atoms. The highest BCUT2D eigenvalue weighted by atomic mass is 32.2. The second kappa shape index (κ2) is 14.5. The first kappa shape index (κ1) is 28.4. The number of thioether (sulfide) groups is 1. The lowest BCUT2D eigenvalue weighted by Gasteiger charge is -2.28. The molecule has 11 heteroatoms. The lowest BCUT2D eigenvalue weighted by atomic mass is 10.2. The Morgan fingerprint density at radius 3 is 2.55 bits per heavy atom. The van der Waals surface area contributed by atoms with Crippen LogP contribution in [0.5, 0.6) is 6.01 Å². The van der Waals surface area contributed by atoms with Crippen LogP contribution in [0.25, 0.3) is 11.2 Å². The van der Waals surface area contributed by atoms with Crippen molar-refractivity contribution >= 4 is 28.7 Å². The minimum Gasteiger partial charge on any atom is -0.463 e. The maximum absolute atomic E-state index is 12.7. The van der Waals surface area contributed by atoms with Crippen molar-refractivity contribution in [3.8, 4) is 6.01 Å². The second-order valence-electron chi connectivity index (χ2n) is 9.66. The number of fused-ring (bicyclic) bond motifs is 1. The van der Waals surface area contributed by atoms with E-state index < -0.39 is 0 Å². The summed E-state index contributed by atoms with van der Waals surface area (Å²) in [6, 6.07) is 9.01. The number of hydrogen-bond donors (Lipinski definition) is 2. The van der Waals surface area contributed by atoms with Crippen molar-refractivity contribution in [2.75, 3.05) is 64.5 Å². The van der Waals surface area contributed by atoms with Gasteiger partial charge in [0, 0.05) is 37.6 Å². The number of nitrogen functional groups attached to an aromatic ring is 1. The standard InChI is InChI=1S/C27H41N7O3S/c1-3-4-17-37-26-30-24(28)23-25(31-26)34(27(35)29-23)14-6-13-33(12-5-11-32-15-18-36-19-16-32)20-21-7-9-22(38-2)10-8-21/h7-10H,3-6,11-20H2,1-2H3,(H,29,35)(H2,28,30,31). The molecule has 10 nitrogen and oxygen atoms in total. The molecule has 1 aliphatic heterocycles. The third kappa shape index (κ3) is 7.95. The van der Waals surface area contributed by atoms with Gasteiger partial charge in [0.2, 0.25) is 0 Å². The number of anilines is 1. The average Bonchev–Trinajstić information content (AvgIpc) is 3.25. The Morgan fingerprint density at radius 2 is 1.84 bits per heavy atom. The van der Waals surface area contributed by atoms with Gasteiger partial charge in [-0.15, -0.1) is 11.8 Å². The van der Waals surface area contributed by atoms with Crippen LogP contribution < -0.4 is 16.2 Å². The zero-order valence-corrected chi connectivity index (χ0v) is 23.5. The molecule has 2 aromatic heterocycles. The summed E-state index contributed by atoms with van der Waals surface area (Å²) in [5.74, 6) is 0.232. The van der Waals surface area contributed by atoms with Crippen molar-refractivity contribution in [3.05, 3.63) is 40.3 Å². The highest BCUT2D eigenvalue weighted by Gasteiger charge is 2.16. The van der Waals surface area contributed by atoms with E-state index >= 15 is 0 Å². The Hall–Kier alpha value is -2.60. The molecule has 0 radical (unpaired) electrons. The summed E-state index contributed by atoms with van der Waals surface area (Å²) in [6.45, 7) is 10.6. The van der Waals surface area contributed by atoms with Crippen LogP contribution in [-0.2, 0) is 17.8 Å². The molecule has 1 aromatic carbocycles. The van der Waals surface area contributed by atoms with Crippen molar-refractivity contribution in [1.29, 1.82) is 0 Å². The summed E-state index contributed by atoms with van der Waals surface area (Å²) in [6.07, 6.45) is 5.92. The number of ether oxygens (including phenoxy) is 2. The topological polar surface area (TPSA) is 115 Å². The monoisotopic (exact) mass is 543 g/mol. The molecular weight excluding hydrogens is 502 g/mol. The zero-order chi connectivity index (χ0) is 26.7. The number of nitrogens with two attached hydrogens (primary N) is 1. The summed E-state index contributed by atoms with van der Waals surface area (Å²) < 4.78 is 12.8. The number of aromatic nitrogens is 4. The lowest BCUT2D eigenvalue weighted by molar-refractivity contribution is 0.0359. The first-order valence-electron chi connectivity index (χ1n) is 13.6. The first-order chi connectivity index (χ1) is 18.6. The number of nitrogens with one attached hydrogen (secondary N) is 1. The number of unbranched alkanes of at least 4 members (excludes halogenated alkanes) is 1. The Bertz CT molecular complexity index is 1190. The van der Waals surface area contributed by atoms with Crippen LogP contribution >= 0.6 is 11.8 Å². The van der Waals surface area contributed by atoms with Gasteiger partial charge >= 0.3 is 11.7 Å². The van der Waals surface area contributed by atoms with Crippen molar-refractivity contribution in [2.45, 2.75) is 50.6 Å². The Morgan fingerprint density at radius 1 is 1.11 bits per heavy atom. The van der Waals surface area contributed by atoms with Crippen LogP contribution in [-0.4, -0.2) is 88.1 Å². The maximum atomic E-state index is 12.7. The van der Waals surface area contributed by atoms with E-state index in [9.17, 15) is 4.79 Å². The van der Waals surface area contributed by atoms with Crippen LogP contribution in [0, 0.1) is 0 Å². The third-order valence-corrected chi connectivity index (χ3v) is 7.58. The molecular formula is C27H41N7O3S. The summed E-state index contributed by atoms with van der Waals surface area (Å²) >= 11 is 1.75. The van der Waals surface area contributed by atoms with Crippen LogP contribution in [0.2, 0.25) is 0 Å². The van der Waals surface area contributed by atoms with Crippen molar-refractivity contribution in [1.82, 2.24) is 29.3 Å². The molecule has 208 valence electrons. The van der Waals surface area contributed by atoms with E-state index in [1.54, 1.807) is 16.3 Å². The predicted molar refractivity (Wildman–Crippen MR) is 153 cm³/mol. The number of imidazole rings is 1. The molecule has 0 atom stereocenters. The van der Waals surface area contributed by atoms with Gasteiger partial charge < -0.3 is 20.2 Å². The molecule has 1 aliphatic rings. The van der Waals surface area contributed by atoms with Gasteiger partial charge in [-0.2, -0.15) is 9.97 Å². The number of nitrogens with zero attached hydrogens (tertiary/aromatic N) is 5. The van der Waals surface area contributed by atoms with Gasteiger partial charge in [-0.05, 0) is 56.3 Å². The van der Waals surface area contributed by atoms with Gasteiger partial charge in [0.05, 0.1) is 19.8 Å². The molecule has 1 fully saturated rings. The zero-order valence-electron chi connectivity index (χ0n) is 22.7. The Balaban J connectivity index is 1.40. The fourth-order valence-corrected chi connectivity index (χ4v) is 5.07. The molecule has 0 saturated carbocycles. The van der Waals surface area contributed by atoms with Gasteiger partial charge in [0.15, 0.2) is 11.5 Å². The quantitative estimate of drug-likeness (QED) is 0.220. The van der Waals surface area contributed by atoms with E-state index in [1.165, 1.54) is 10.5 Å². The summed E-state index contributed by atoms with van der Waals surface area (Å²) in [5.41, 5.74) is 8.15. The first-order valence-corrected chi connectivity index (χ1v) is 14.8. The third-order valence-electron chi connectivity index (χ3n) is 6.83. The van der Waals surface area contributed by atoms with E-state index in [0.29, 0.717) is 24.3 Å². The second-order valence-corrected chi connectivity index (χ2v) is 10.5. The van der Waals surface area contributed by atoms with Crippen LogP contribution in [0.4, 0.5) is 5.82 Å². The molecule has 3 N–H and O–H groups in total. The number of benzene rings is 1. The molecule has 38 heavy (non-hydrogen) atoms. The van der Waals surface area contributed by atoms with Gasteiger partial charge in [-0.25, -0.2) is 4.79 Å². The Labute approximate surface area is 228 Å². The fourth-order valence-electron chi connectivity index (χ4n) is 4.66. The summed E-state index contributed by atoms with van der Waals surface area (Å²) in [4.78, 5) is 30.5. The minimum absolute atomic E-state index is 0.217. The smallest absolute Gasteiger partial charge is 0.327 e. The summed E-state index contributed by atoms with van der Waals surface area (Å²) in [5, 5.41) is 0. The largest absolute Gasteiger partial charge is 0.463 e. The van der Waals surface area contributed by atoms with E-state index in [1.807, 2.05) is 0 Å². The van der Waals surface area contributed by atoms with Crippen molar-refractivity contribution in [2.24, 2.45) is 0 Å². The van der Waals surface area contributed by atoms with E-state index in [-0.39, 0.29) is 17.5 Å². The number of rotatable bonds is 15. The molecule has 0 amide bonds. The number of hydrogen-bond acceptors (Lipinski definition) is 9. The van der Waals surface area contributed by atoms with Crippen LogP contribution in [0.15, 0.2) is 34.0 Å². The van der Waals surface area contributed by atoms with Crippen molar-refractivity contribution in [3.63, 3.8) is 0 Å². The van der Waals surface area contributed by atoms with Crippen molar-refractivity contribution < 1.29 is 9.47 Å². The fraction of sp³-hybridized carbons (Fsp3) is 0.593.